The first-order valence-corrected chi connectivity index (χ1v) is 14.9. The first kappa shape index (κ1) is 38.9. The standard InChI is InChI=1S/C31H41N7O5.CH4.2H2S/c1-20-27-10-11-38(15-22(27)4-9-29(20)42-17-26-14-32-19-43-26)16-25(40)13-33-31(41)28-12-30(35-18-34-28)36-23-5-7-24(8-6-23)37(3)21(2)39;;;/h4,9,12,14,18-19,23-25,40H,5-8,10-11,13,15-17H2,1-3H3,(H,33,41)(H,34,35,36);1H4;2*1H2/t23?,24?,25-;;;/m0.../s1. The maximum absolute atomic E-state index is 12.8. The molecule has 254 valence electrons. The van der Waals surface area contributed by atoms with Crippen molar-refractivity contribution in [2.45, 2.75) is 84.7 Å². The Morgan fingerprint density at radius 2 is 1.96 bits per heavy atom. The zero-order valence-corrected chi connectivity index (χ0v) is 28.1. The van der Waals surface area contributed by atoms with Crippen LogP contribution in [-0.2, 0) is 24.4 Å². The van der Waals surface area contributed by atoms with Gasteiger partial charge in [-0.25, -0.2) is 15.0 Å². The zero-order chi connectivity index (χ0) is 30.3. The van der Waals surface area contributed by atoms with E-state index in [1.807, 2.05) is 18.0 Å². The van der Waals surface area contributed by atoms with Crippen LogP contribution < -0.4 is 15.4 Å². The van der Waals surface area contributed by atoms with Gasteiger partial charge in [0.05, 0.1) is 12.3 Å². The second-order valence-corrected chi connectivity index (χ2v) is 11.5. The van der Waals surface area contributed by atoms with Gasteiger partial charge in [-0.15, -0.1) is 0 Å². The Balaban J connectivity index is 0.00000245. The number of ether oxygens (including phenoxy) is 1. The highest BCUT2D eigenvalue weighted by Gasteiger charge is 2.26. The highest BCUT2D eigenvalue weighted by molar-refractivity contribution is 7.59. The number of rotatable bonds is 11. The van der Waals surface area contributed by atoms with E-state index in [1.165, 1.54) is 23.8 Å². The fourth-order valence-electron chi connectivity index (χ4n) is 5.95. The minimum absolute atomic E-state index is 0. The summed E-state index contributed by atoms with van der Waals surface area (Å²) in [6.45, 7) is 6.09. The molecular weight excluding hydrogens is 627 g/mol. The number of anilines is 1. The molecule has 0 radical (unpaired) electrons. The van der Waals surface area contributed by atoms with E-state index in [-0.39, 0.29) is 70.6 Å². The third-order valence-corrected chi connectivity index (χ3v) is 8.53. The predicted molar refractivity (Wildman–Crippen MR) is 187 cm³/mol. The molecule has 1 aliphatic heterocycles. The second kappa shape index (κ2) is 18.1. The first-order valence-electron chi connectivity index (χ1n) is 14.9. The van der Waals surface area contributed by atoms with E-state index >= 15 is 0 Å². The Labute approximate surface area is 285 Å². The number of hydrogen-bond donors (Lipinski definition) is 3. The number of benzene rings is 1. The summed E-state index contributed by atoms with van der Waals surface area (Å²) < 4.78 is 11.2. The Hall–Kier alpha value is -3.33. The van der Waals surface area contributed by atoms with E-state index in [0.29, 0.717) is 24.7 Å². The van der Waals surface area contributed by atoms with Gasteiger partial charge < -0.3 is 29.8 Å². The lowest BCUT2D eigenvalue weighted by Crippen LogP contribution is -2.42. The molecule has 3 N–H and O–H groups in total. The van der Waals surface area contributed by atoms with E-state index < -0.39 is 6.10 Å². The number of carbonyl (C=O) groups is 2. The molecule has 0 saturated heterocycles. The van der Waals surface area contributed by atoms with Crippen molar-refractivity contribution in [2.75, 3.05) is 32.0 Å². The smallest absolute Gasteiger partial charge is 0.270 e. The number of aliphatic hydroxyl groups excluding tert-OH is 1. The van der Waals surface area contributed by atoms with Crippen molar-refractivity contribution in [3.8, 4) is 5.75 Å². The molecule has 0 spiro atoms. The molecule has 1 atom stereocenters. The molecule has 0 unspecified atom stereocenters. The predicted octanol–water partition coefficient (Wildman–Crippen LogP) is 3.56. The molecule has 14 heteroatoms. The number of aromatic nitrogens is 3. The van der Waals surface area contributed by atoms with Gasteiger partial charge in [-0.05, 0) is 61.8 Å². The highest BCUT2D eigenvalue weighted by Crippen LogP contribution is 2.30. The fraction of sp³-hybridized carbons (Fsp3) is 0.531. The molecule has 2 aromatic heterocycles. The molecule has 2 aliphatic rings. The number of amides is 2. The largest absolute Gasteiger partial charge is 0.485 e. The van der Waals surface area contributed by atoms with Crippen LogP contribution >= 0.6 is 27.0 Å². The number of carbonyl (C=O) groups excluding carboxylic acids is 2. The number of oxazole rings is 1. The van der Waals surface area contributed by atoms with Gasteiger partial charge >= 0.3 is 0 Å². The average Bonchev–Trinajstić information content (AvgIpc) is 3.53. The van der Waals surface area contributed by atoms with E-state index in [4.69, 9.17) is 9.15 Å². The molecule has 3 heterocycles. The molecule has 1 aliphatic carbocycles. The molecule has 1 saturated carbocycles. The SMILES string of the molecule is C.CC(=O)N(C)C1CCC(Nc2cc(C(=O)NC[C@H](O)CN3CCc4c(ccc(OCc5cnco5)c4C)C3)ncn2)CC1.S.S. The van der Waals surface area contributed by atoms with E-state index in [0.717, 1.165) is 56.5 Å². The summed E-state index contributed by atoms with van der Waals surface area (Å²) in [5, 5.41) is 16.9. The van der Waals surface area contributed by atoms with Crippen LogP contribution in [0.25, 0.3) is 0 Å². The summed E-state index contributed by atoms with van der Waals surface area (Å²) in [6.07, 6.45) is 8.22. The number of nitrogens with one attached hydrogen (secondary N) is 2. The van der Waals surface area contributed by atoms with Gasteiger partial charge in [0, 0.05) is 58.3 Å². The molecule has 5 rings (SSSR count). The van der Waals surface area contributed by atoms with Gasteiger partial charge in [0.25, 0.3) is 5.91 Å². The third kappa shape index (κ3) is 10.1. The summed E-state index contributed by atoms with van der Waals surface area (Å²) in [7, 11) is 1.86. The Kier molecular flexibility index (Phi) is 15.3. The summed E-state index contributed by atoms with van der Waals surface area (Å²) in [4.78, 5) is 40.8. The van der Waals surface area contributed by atoms with Crippen LogP contribution in [0, 0.1) is 6.92 Å². The molecule has 2 amide bonds. The van der Waals surface area contributed by atoms with Crippen LogP contribution in [0.2, 0.25) is 0 Å². The Morgan fingerprint density at radius 3 is 2.65 bits per heavy atom. The van der Waals surface area contributed by atoms with E-state index in [1.54, 1.807) is 19.2 Å². The number of aliphatic hydroxyl groups is 1. The molecule has 12 nitrogen and oxygen atoms in total. The lowest BCUT2D eigenvalue weighted by Gasteiger charge is -2.34. The van der Waals surface area contributed by atoms with Gasteiger partial charge in [0.2, 0.25) is 5.91 Å². The summed E-state index contributed by atoms with van der Waals surface area (Å²) in [5.41, 5.74) is 3.86. The number of nitrogens with zero attached hydrogens (tertiary/aromatic N) is 5. The molecule has 46 heavy (non-hydrogen) atoms. The Morgan fingerprint density at radius 1 is 1.20 bits per heavy atom. The van der Waals surface area contributed by atoms with Gasteiger partial charge in [-0.1, -0.05) is 13.5 Å². The normalized spacial score (nSPS) is 18.0. The van der Waals surface area contributed by atoms with Crippen molar-refractivity contribution in [1.29, 1.82) is 0 Å². The lowest BCUT2D eigenvalue weighted by atomic mass is 9.90. The highest BCUT2D eigenvalue weighted by atomic mass is 32.1. The van der Waals surface area contributed by atoms with Gasteiger partial charge in [0.1, 0.15) is 30.2 Å². The van der Waals surface area contributed by atoms with Crippen LogP contribution in [-0.4, -0.2) is 86.5 Å². The van der Waals surface area contributed by atoms with Crippen LogP contribution in [0.3, 0.4) is 0 Å². The number of β-amino-alcohol motifs (C(OH)–C–C–N with tert-alkyl or cyclic N) is 1. The van der Waals surface area contributed by atoms with Crippen molar-refractivity contribution >= 4 is 44.6 Å². The van der Waals surface area contributed by atoms with Gasteiger partial charge in [-0.2, -0.15) is 27.0 Å². The van der Waals surface area contributed by atoms with Crippen molar-refractivity contribution in [3.63, 3.8) is 0 Å². The topological polar surface area (TPSA) is 146 Å². The summed E-state index contributed by atoms with van der Waals surface area (Å²) in [5.74, 6) is 1.84. The molecule has 1 aromatic carbocycles. The van der Waals surface area contributed by atoms with E-state index in [9.17, 15) is 14.7 Å². The zero-order valence-electron chi connectivity index (χ0n) is 26.1. The van der Waals surface area contributed by atoms with Crippen molar-refractivity contribution in [1.82, 2.24) is 30.1 Å². The fourth-order valence-corrected chi connectivity index (χ4v) is 5.95. The minimum Gasteiger partial charge on any atom is -0.485 e. The molecule has 0 bridgehead atoms. The van der Waals surface area contributed by atoms with Crippen LogP contribution in [0.4, 0.5) is 5.82 Å². The number of fused-ring (bicyclic) bond motifs is 1. The van der Waals surface area contributed by atoms with Gasteiger partial charge in [0.15, 0.2) is 12.2 Å². The molecular formula is C32H49N7O5S2. The summed E-state index contributed by atoms with van der Waals surface area (Å²) in [6, 6.07) is 6.19. The van der Waals surface area contributed by atoms with Crippen molar-refractivity contribution in [3.05, 3.63) is 65.3 Å². The maximum atomic E-state index is 12.8. The van der Waals surface area contributed by atoms with Crippen LogP contribution in [0.1, 0.15) is 73.0 Å². The van der Waals surface area contributed by atoms with Crippen molar-refractivity contribution < 1.29 is 23.8 Å². The molecule has 3 aromatic rings. The van der Waals surface area contributed by atoms with E-state index in [2.05, 4.69) is 43.5 Å². The lowest BCUT2D eigenvalue weighted by molar-refractivity contribution is -0.130. The second-order valence-electron chi connectivity index (χ2n) is 11.5. The van der Waals surface area contributed by atoms with Gasteiger partial charge in [-0.3, -0.25) is 14.5 Å². The minimum atomic E-state index is -0.723. The first-order chi connectivity index (χ1) is 20.8. The van der Waals surface area contributed by atoms with Crippen LogP contribution in [0.5, 0.6) is 5.75 Å². The van der Waals surface area contributed by atoms with Crippen molar-refractivity contribution in [2.24, 2.45) is 0 Å². The third-order valence-electron chi connectivity index (χ3n) is 8.53. The maximum Gasteiger partial charge on any atom is 0.270 e. The average molecular weight is 676 g/mol. The quantitative estimate of drug-likeness (QED) is 0.276. The molecule has 1 fully saturated rings. The number of hydrogen-bond acceptors (Lipinski definition) is 10. The summed E-state index contributed by atoms with van der Waals surface area (Å²) >= 11 is 0. The monoisotopic (exact) mass is 675 g/mol. The van der Waals surface area contributed by atoms with Crippen LogP contribution in [0.15, 0.2) is 41.5 Å². The Bertz CT molecular complexity index is 1400.